The molecule has 3 aromatic heterocycles. The molecule has 0 bridgehead atoms. The average Bonchev–Trinajstić information content (AvgIpc) is 3.39. The van der Waals surface area contributed by atoms with Crippen molar-refractivity contribution >= 4 is 50.0 Å². The first-order valence-electron chi connectivity index (χ1n) is 7.33. The van der Waals surface area contributed by atoms with Gasteiger partial charge in [0.05, 0.1) is 7.11 Å². The van der Waals surface area contributed by atoms with Gasteiger partial charge >= 0.3 is 5.97 Å². The van der Waals surface area contributed by atoms with Crippen LogP contribution in [0, 0.1) is 0 Å². The molecule has 0 saturated carbocycles. The summed E-state index contributed by atoms with van der Waals surface area (Å²) in [5.74, 6) is -0.716. The molecule has 6 nitrogen and oxygen atoms in total. The third kappa shape index (κ3) is 3.61. The van der Waals surface area contributed by atoms with E-state index in [2.05, 4.69) is 9.46 Å². The van der Waals surface area contributed by atoms with Crippen molar-refractivity contribution in [1.29, 1.82) is 0 Å². The summed E-state index contributed by atoms with van der Waals surface area (Å²) in [5, 5.41) is 18.1. The second-order valence-electron chi connectivity index (χ2n) is 5.28. The zero-order valence-corrected chi connectivity index (χ0v) is 16.8. The number of rotatable bonds is 7. The number of aliphatic hydroxyl groups is 1. The van der Waals surface area contributed by atoms with Crippen molar-refractivity contribution in [2.75, 3.05) is 13.7 Å². The maximum Gasteiger partial charge on any atom is 0.349 e. The molecule has 2 N–H and O–H groups in total. The molecule has 0 aromatic carbocycles. The van der Waals surface area contributed by atoms with E-state index in [9.17, 15) is 18.3 Å². The van der Waals surface area contributed by atoms with Crippen LogP contribution in [0.3, 0.4) is 0 Å². The van der Waals surface area contributed by atoms with Gasteiger partial charge in [0.25, 0.3) is 0 Å². The molecule has 0 aliphatic rings. The molecule has 3 aromatic rings. The lowest BCUT2D eigenvalue weighted by molar-refractivity contribution is 0.0602. The molecule has 138 valence electrons. The van der Waals surface area contributed by atoms with E-state index >= 15 is 0 Å². The predicted octanol–water partition coefficient (Wildman–Crippen LogP) is 2.87. The molecule has 0 spiro atoms. The molecule has 0 fully saturated rings. The molecule has 1 atom stereocenters. The Labute approximate surface area is 162 Å². The smallest absolute Gasteiger partial charge is 0.349 e. The summed E-state index contributed by atoms with van der Waals surface area (Å²) < 4.78 is 32.5. The van der Waals surface area contributed by atoms with Gasteiger partial charge in [-0.05, 0) is 39.7 Å². The second kappa shape index (κ2) is 7.59. The van der Waals surface area contributed by atoms with Gasteiger partial charge in [-0.1, -0.05) is 6.07 Å². The Morgan fingerprint density at radius 3 is 2.65 bits per heavy atom. The normalized spacial score (nSPS) is 14.1. The van der Waals surface area contributed by atoms with E-state index in [0.717, 1.165) is 11.3 Å². The number of esters is 1. The first-order chi connectivity index (χ1) is 12.4. The Balaban J connectivity index is 1.91. The standard InChI is InChI=1S/C16H15NO5S4/c1-22-15(18)14-12(5-8-25-14)26(20,21)17-10-16(19,11-4-7-23-9-11)13-3-2-6-24-13/h2-9,17,19H,10H2,1H3. The van der Waals surface area contributed by atoms with Crippen molar-refractivity contribution in [3.63, 3.8) is 0 Å². The van der Waals surface area contributed by atoms with E-state index in [0.29, 0.717) is 10.4 Å². The monoisotopic (exact) mass is 429 g/mol. The maximum atomic E-state index is 12.7. The van der Waals surface area contributed by atoms with Crippen LogP contribution < -0.4 is 4.72 Å². The molecule has 3 rings (SSSR count). The van der Waals surface area contributed by atoms with Gasteiger partial charge in [-0.15, -0.1) is 22.7 Å². The lowest BCUT2D eigenvalue weighted by atomic mass is 9.95. The van der Waals surface area contributed by atoms with E-state index in [1.165, 1.54) is 41.2 Å². The fourth-order valence-electron chi connectivity index (χ4n) is 2.37. The molecule has 0 saturated heterocycles. The van der Waals surface area contributed by atoms with Crippen LogP contribution in [0.15, 0.2) is 50.7 Å². The highest BCUT2D eigenvalue weighted by Crippen LogP contribution is 2.34. The van der Waals surface area contributed by atoms with Gasteiger partial charge in [0, 0.05) is 17.0 Å². The Bertz CT molecular complexity index is 940. The molecule has 1 unspecified atom stereocenters. The lowest BCUT2D eigenvalue weighted by Crippen LogP contribution is -2.41. The molecule has 0 aliphatic carbocycles. The van der Waals surface area contributed by atoms with Crippen LogP contribution in [0.25, 0.3) is 0 Å². The number of carbonyl (C=O) groups excluding carboxylic acids is 1. The molecule has 0 radical (unpaired) electrons. The Morgan fingerprint density at radius 1 is 1.23 bits per heavy atom. The van der Waals surface area contributed by atoms with Crippen LogP contribution in [-0.4, -0.2) is 33.1 Å². The van der Waals surface area contributed by atoms with Crippen LogP contribution in [0.5, 0.6) is 0 Å². The molecule has 10 heteroatoms. The number of methoxy groups -OCH3 is 1. The molecule has 0 aliphatic heterocycles. The SMILES string of the molecule is COC(=O)c1sccc1S(=O)(=O)NCC(O)(c1ccsc1)c1cccs1. The zero-order valence-electron chi connectivity index (χ0n) is 13.5. The fourth-order valence-corrected chi connectivity index (χ4v) is 6.34. The van der Waals surface area contributed by atoms with E-state index in [1.54, 1.807) is 23.6 Å². The molecule has 0 amide bonds. The van der Waals surface area contributed by atoms with Gasteiger partial charge in [0.2, 0.25) is 10.0 Å². The van der Waals surface area contributed by atoms with E-state index in [1.807, 2.05) is 10.8 Å². The Morgan fingerprint density at radius 2 is 2.04 bits per heavy atom. The van der Waals surface area contributed by atoms with Crippen molar-refractivity contribution in [2.45, 2.75) is 10.5 Å². The van der Waals surface area contributed by atoms with Crippen LogP contribution >= 0.6 is 34.0 Å². The van der Waals surface area contributed by atoms with E-state index in [-0.39, 0.29) is 16.3 Å². The van der Waals surface area contributed by atoms with Gasteiger partial charge in [-0.3, -0.25) is 0 Å². The minimum atomic E-state index is -4.01. The fraction of sp³-hybridized carbons (Fsp3) is 0.188. The third-order valence-corrected chi connectivity index (χ3v) is 7.91. The molecular weight excluding hydrogens is 414 g/mol. The summed E-state index contributed by atoms with van der Waals surface area (Å²) in [5.41, 5.74) is -0.894. The van der Waals surface area contributed by atoms with Gasteiger partial charge in [-0.2, -0.15) is 11.3 Å². The number of ether oxygens (including phenoxy) is 1. The average molecular weight is 430 g/mol. The minimum Gasteiger partial charge on any atom is -0.465 e. The Kier molecular flexibility index (Phi) is 5.61. The van der Waals surface area contributed by atoms with Crippen molar-refractivity contribution in [2.24, 2.45) is 0 Å². The second-order valence-corrected chi connectivity index (χ2v) is 9.66. The number of nitrogens with one attached hydrogen (secondary N) is 1. The van der Waals surface area contributed by atoms with Crippen LogP contribution in [0.1, 0.15) is 20.1 Å². The zero-order chi connectivity index (χ0) is 18.8. The minimum absolute atomic E-state index is 0.00445. The predicted molar refractivity (Wildman–Crippen MR) is 102 cm³/mol. The van der Waals surface area contributed by atoms with Crippen LogP contribution in [0.4, 0.5) is 0 Å². The van der Waals surface area contributed by atoms with Gasteiger partial charge in [-0.25, -0.2) is 17.9 Å². The summed E-state index contributed by atoms with van der Waals surface area (Å²) in [6, 6.07) is 6.64. The summed E-state index contributed by atoms with van der Waals surface area (Å²) in [6.45, 7) is -0.261. The third-order valence-electron chi connectivity index (χ3n) is 3.73. The highest BCUT2D eigenvalue weighted by Gasteiger charge is 2.35. The van der Waals surface area contributed by atoms with Crippen molar-refractivity contribution < 1.29 is 23.1 Å². The lowest BCUT2D eigenvalue weighted by Gasteiger charge is -2.26. The number of thiophene rings is 3. The van der Waals surface area contributed by atoms with Gasteiger partial charge in [0.15, 0.2) is 0 Å². The quantitative estimate of drug-likeness (QED) is 0.564. The van der Waals surface area contributed by atoms with Crippen molar-refractivity contribution in [1.82, 2.24) is 4.72 Å². The number of carbonyl (C=O) groups is 1. The summed E-state index contributed by atoms with van der Waals surface area (Å²) in [6.07, 6.45) is 0. The Hall–Kier alpha value is -1.56. The van der Waals surface area contributed by atoms with Crippen LogP contribution in [-0.2, 0) is 20.4 Å². The van der Waals surface area contributed by atoms with Gasteiger partial charge in [0.1, 0.15) is 15.4 Å². The molecule has 26 heavy (non-hydrogen) atoms. The highest BCUT2D eigenvalue weighted by molar-refractivity contribution is 7.89. The first kappa shape index (κ1) is 19.2. The number of sulfonamides is 1. The van der Waals surface area contributed by atoms with E-state index < -0.39 is 21.6 Å². The van der Waals surface area contributed by atoms with Gasteiger partial charge < -0.3 is 9.84 Å². The summed E-state index contributed by atoms with van der Waals surface area (Å²) in [4.78, 5) is 12.2. The molecular formula is C16H15NO5S4. The largest absolute Gasteiger partial charge is 0.465 e. The van der Waals surface area contributed by atoms with Crippen molar-refractivity contribution in [3.8, 4) is 0 Å². The summed E-state index contributed by atoms with van der Waals surface area (Å²) >= 11 is 3.73. The number of hydrogen-bond acceptors (Lipinski definition) is 8. The molecule has 3 heterocycles. The van der Waals surface area contributed by atoms with E-state index in [4.69, 9.17) is 0 Å². The van der Waals surface area contributed by atoms with Crippen LogP contribution in [0.2, 0.25) is 0 Å². The summed E-state index contributed by atoms with van der Waals surface area (Å²) in [7, 11) is -2.82. The topological polar surface area (TPSA) is 92.7 Å². The number of hydrogen-bond donors (Lipinski definition) is 2. The first-order valence-corrected chi connectivity index (χ1v) is 11.5. The van der Waals surface area contributed by atoms with Crippen molar-refractivity contribution in [3.05, 3.63) is 61.1 Å². The highest BCUT2D eigenvalue weighted by atomic mass is 32.2. The maximum absolute atomic E-state index is 12.7.